The molecule has 3 aliphatic rings. The zero-order valence-corrected chi connectivity index (χ0v) is 20.2. The molecule has 1 aromatic carbocycles. The van der Waals surface area contributed by atoms with Gasteiger partial charge in [-0.1, -0.05) is 25.3 Å². The molecule has 0 spiro atoms. The number of carbonyl (C=O) groups excluding carboxylic acids is 1. The lowest BCUT2D eigenvalue weighted by Crippen LogP contribution is -2.58. The molecule has 8 heteroatoms. The number of hydrogen-bond donors (Lipinski definition) is 1. The van der Waals surface area contributed by atoms with Gasteiger partial charge >= 0.3 is 0 Å². The van der Waals surface area contributed by atoms with Crippen molar-refractivity contribution in [1.82, 2.24) is 14.6 Å². The Kier molecular flexibility index (Phi) is 5.95. The molecule has 33 heavy (non-hydrogen) atoms. The van der Waals surface area contributed by atoms with Crippen molar-refractivity contribution >= 4 is 26.8 Å². The van der Waals surface area contributed by atoms with Crippen LogP contribution in [0.25, 0.3) is 10.9 Å². The van der Waals surface area contributed by atoms with E-state index in [9.17, 15) is 13.2 Å². The maximum atomic E-state index is 13.4. The molecule has 3 fully saturated rings. The molecule has 1 N–H and O–H groups in total. The van der Waals surface area contributed by atoms with Crippen molar-refractivity contribution in [3.63, 3.8) is 0 Å². The number of fused-ring (bicyclic) bond motifs is 1. The maximum Gasteiger partial charge on any atom is 0.264 e. The van der Waals surface area contributed by atoms with E-state index in [1.54, 1.807) is 30.5 Å². The van der Waals surface area contributed by atoms with Gasteiger partial charge in [0.25, 0.3) is 15.9 Å². The van der Waals surface area contributed by atoms with E-state index in [1.165, 1.54) is 25.3 Å². The molecule has 2 aromatic rings. The molecule has 1 amide bonds. The Morgan fingerprint density at radius 1 is 1.18 bits per heavy atom. The zero-order chi connectivity index (χ0) is 23.2. The summed E-state index contributed by atoms with van der Waals surface area (Å²) in [6, 6.07) is 8.37. The highest BCUT2D eigenvalue weighted by atomic mass is 32.2. The molecule has 1 aromatic heterocycles. The number of likely N-dealkylation sites (tertiary alicyclic amines) is 1. The van der Waals surface area contributed by atoms with Crippen LogP contribution < -0.4 is 4.72 Å². The Bertz CT molecular complexity index is 1140. The number of carbonyl (C=O) groups is 1. The molecule has 178 valence electrons. The summed E-state index contributed by atoms with van der Waals surface area (Å²) in [7, 11) is -4.01. The molecular formula is C25H33N3O4S. The molecular weight excluding hydrogens is 438 g/mol. The standard InChI is InChI=1S/C25H33N3O4S/c1-17(2)32-22-11-15-28(16-20(22)18-6-3-7-18)25(12-13-25)24(29)27-33(30,31)23-10-4-9-21-19(23)8-5-14-26-21/h4-5,8-10,14,17-18,20,22H,3,6-7,11-13,15-16H2,1-2H3,(H,27,29). The Hall–Kier alpha value is -2.03. The quantitative estimate of drug-likeness (QED) is 0.665. The van der Waals surface area contributed by atoms with E-state index >= 15 is 0 Å². The molecule has 2 saturated carbocycles. The molecule has 5 rings (SSSR count). The van der Waals surface area contributed by atoms with Crippen molar-refractivity contribution in [2.75, 3.05) is 13.1 Å². The third kappa shape index (κ3) is 4.29. The van der Waals surface area contributed by atoms with Gasteiger partial charge in [-0.15, -0.1) is 0 Å². The number of pyridine rings is 1. The van der Waals surface area contributed by atoms with E-state index in [1.807, 2.05) is 0 Å². The molecule has 2 atom stereocenters. The first-order chi connectivity index (χ1) is 15.8. The van der Waals surface area contributed by atoms with Gasteiger partial charge in [-0.05, 0) is 63.3 Å². The Balaban J connectivity index is 1.34. The van der Waals surface area contributed by atoms with Gasteiger partial charge in [0.1, 0.15) is 5.54 Å². The Morgan fingerprint density at radius 2 is 1.97 bits per heavy atom. The summed E-state index contributed by atoms with van der Waals surface area (Å²) in [5.74, 6) is 0.641. The number of sulfonamides is 1. The topological polar surface area (TPSA) is 88.6 Å². The summed E-state index contributed by atoms with van der Waals surface area (Å²) >= 11 is 0. The maximum absolute atomic E-state index is 13.4. The number of ether oxygens (including phenoxy) is 1. The van der Waals surface area contributed by atoms with Crippen molar-refractivity contribution < 1.29 is 17.9 Å². The second kappa shape index (κ2) is 8.64. The number of piperidine rings is 1. The van der Waals surface area contributed by atoms with Crippen LogP contribution in [0.3, 0.4) is 0 Å². The molecule has 1 saturated heterocycles. The zero-order valence-electron chi connectivity index (χ0n) is 19.4. The van der Waals surface area contributed by atoms with Crippen molar-refractivity contribution in [2.45, 2.75) is 75.0 Å². The summed E-state index contributed by atoms with van der Waals surface area (Å²) in [4.78, 5) is 20.0. The summed E-state index contributed by atoms with van der Waals surface area (Å²) in [5, 5.41) is 0.516. The highest BCUT2D eigenvalue weighted by molar-refractivity contribution is 7.90. The third-order valence-corrected chi connectivity index (χ3v) is 9.06. The van der Waals surface area contributed by atoms with Crippen LogP contribution in [0, 0.1) is 11.8 Å². The van der Waals surface area contributed by atoms with Crippen LogP contribution in [0.5, 0.6) is 0 Å². The minimum atomic E-state index is -4.01. The summed E-state index contributed by atoms with van der Waals surface area (Å²) < 4.78 is 35.1. The molecule has 2 heterocycles. The molecule has 2 unspecified atom stereocenters. The fraction of sp³-hybridized carbons (Fsp3) is 0.600. The minimum Gasteiger partial charge on any atom is -0.375 e. The van der Waals surface area contributed by atoms with Crippen LogP contribution >= 0.6 is 0 Å². The lowest BCUT2D eigenvalue weighted by atomic mass is 9.71. The predicted octanol–water partition coefficient (Wildman–Crippen LogP) is 3.49. The second-order valence-corrected chi connectivity index (χ2v) is 11.8. The monoisotopic (exact) mass is 471 g/mol. The largest absolute Gasteiger partial charge is 0.375 e. The van der Waals surface area contributed by atoms with Crippen molar-refractivity contribution in [3.05, 3.63) is 36.5 Å². The van der Waals surface area contributed by atoms with Crippen LogP contribution in [0.4, 0.5) is 0 Å². The number of nitrogens with zero attached hydrogens (tertiary/aromatic N) is 2. The highest BCUT2D eigenvalue weighted by Gasteiger charge is 2.57. The van der Waals surface area contributed by atoms with Gasteiger partial charge < -0.3 is 4.74 Å². The fourth-order valence-corrected chi connectivity index (χ4v) is 6.84. The lowest BCUT2D eigenvalue weighted by molar-refractivity contribution is -0.132. The summed E-state index contributed by atoms with van der Waals surface area (Å²) in [6.45, 7) is 5.71. The van der Waals surface area contributed by atoms with Gasteiger partial charge in [-0.3, -0.25) is 14.7 Å². The van der Waals surface area contributed by atoms with Gasteiger partial charge in [0.2, 0.25) is 0 Å². The van der Waals surface area contributed by atoms with Gasteiger partial charge in [0.05, 0.1) is 22.6 Å². The first-order valence-electron chi connectivity index (χ1n) is 12.1. The number of benzene rings is 1. The van der Waals surface area contributed by atoms with E-state index < -0.39 is 21.5 Å². The number of nitrogens with one attached hydrogen (secondary N) is 1. The predicted molar refractivity (Wildman–Crippen MR) is 126 cm³/mol. The molecule has 7 nitrogen and oxygen atoms in total. The van der Waals surface area contributed by atoms with Gasteiger partial charge in [-0.25, -0.2) is 13.1 Å². The average Bonchev–Trinajstić information content (AvgIpc) is 3.55. The first-order valence-corrected chi connectivity index (χ1v) is 13.6. The van der Waals surface area contributed by atoms with Crippen LogP contribution in [0.15, 0.2) is 41.4 Å². The highest BCUT2D eigenvalue weighted by Crippen LogP contribution is 2.47. The Labute approximate surface area is 195 Å². The van der Waals surface area contributed by atoms with Crippen molar-refractivity contribution in [2.24, 2.45) is 11.8 Å². The van der Waals surface area contributed by atoms with Crippen LogP contribution in [0.2, 0.25) is 0 Å². The Morgan fingerprint density at radius 3 is 2.64 bits per heavy atom. The van der Waals surface area contributed by atoms with Gasteiger partial charge in [0.15, 0.2) is 0 Å². The fourth-order valence-electron chi connectivity index (χ4n) is 5.58. The van der Waals surface area contributed by atoms with Crippen LogP contribution in [-0.4, -0.2) is 55.0 Å². The van der Waals surface area contributed by atoms with Crippen molar-refractivity contribution in [1.29, 1.82) is 0 Å². The molecule has 2 aliphatic carbocycles. The SMILES string of the molecule is CC(C)OC1CCN(C2(C(=O)NS(=O)(=O)c3cccc4ncccc34)CC2)CC1C1CCC1. The number of aromatic nitrogens is 1. The number of hydrogen-bond acceptors (Lipinski definition) is 6. The molecule has 0 bridgehead atoms. The average molecular weight is 472 g/mol. The van der Waals surface area contributed by atoms with E-state index in [0.29, 0.717) is 35.6 Å². The lowest BCUT2D eigenvalue weighted by Gasteiger charge is -2.47. The van der Waals surface area contributed by atoms with Crippen molar-refractivity contribution in [3.8, 4) is 0 Å². The van der Waals surface area contributed by atoms with Crippen LogP contribution in [-0.2, 0) is 19.6 Å². The van der Waals surface area contributed by atoms with Gasteiger partial charge in [-0.2, -0.15) is 0 Å². The summed E-state index contributed by atoms with van der Waals surface area (Å²) in [6.07, 6.45) is 8.01. The molecule has 1 aliphatic heterocycles. The minimum absolute atomic E-state index is 0.0913. The van der Waals surface area contributed by atoms with E-state index in [4.69, 9.17) is 4.74 Å². The van der Waals surface area contributed by atoms with Crippen LogP contribution in [0.1, 0.15) is 52.4 Å². The number of amides is 1. The second-order valence-electron chi connectivity index (χ2n) is 10.1. The van der Waals surface area contributed by atoms with E-state index in [-0.39, 0.29) is 17.1 Å². The smallest absolute Gasteiger partial charge is 0.264 e. The molecule has 0 radical (unpaired) electrons. The normalized spacial score (nSPS) is 25.7. The number of rotatable bonds is 7. The first kappa shape index (κ1) is 22.7. The third-order valence-electron chi connectivity index (χ3n) is 7.67. The van der Waals surface area contributed by atoms with E-state index in [0.717, 1.165) is 19.5 Å². The van der Waals surface area contributed by atoms with Gasteiger partial charge in [0, 0.05) is 30.6 Å². The van der Waals surface area contributed by atoms with E-state index in [2.05, 4.69) is 28.5 Å². The summed E-state index contributed by atoms with van der Waals surface area (Å²) in [5.41, 5.74) is -0.134.